The average molecular weight is 438 g/mol. The van der Waals surface area contributed by atoms with Gasteiger partial charge in [-0.3, -0.25) is 4.79 Å². The standard InChI is InChI=1S/C25H35N5O2/c1-17(2)32-23-10-6-5-8-19(23)14-26-25-21-16-30(18(3)31)13-11-22(21)27-24(28-25)20-9-7-12-29(4)15-20/h5-6,8,10,17,20H,7,9,11-16H2,1-4H3,(H,26,27,28)/t20-/m1/s1. The van der Waals surface area contributed by atoms with Gasteiger partial charge in [0.25, 0.3) is 0 Å². The molecule has 2 aliphatic heterocycles. The lowest BCUT2D eigenvalue weighted by atomic mass is 9.96. The van der Waals surface area contributed by atoms with Crippen molar-refractivity contribution < 1.29 is 9.53 Å². The number of fused-ring (bicyclic) bond motifs is 1. The number of rotatable bonds is 6. The molecule has 172 valence electrons. The second-order valence-electron chi connectivity index (χ2n) is 9.28. The van der Waals surface area contributed by atoms with Gasteiger partial charge in [0.05, 0.1) is 18.3 Å². The van der Waals surface area contributed by atoms with E-state index in [0.717, 1.165) is 60.1 Å². The molecule has 2 aliphatic rings. The molecule has 1 aromatic carbocycles. The van der Waals surface area contributed by atoms with E-state index >= 15 is 0 Å². The van der Waals surface area contributed by atoms with E-state index in [2.05, 4.69) is 23.3 Å². The SMILES string of the molecule is CC(=O)N1CCc2nc([C@@H]3CCCN(C)C3)nc(NCc3ccccc3OC(C)C)c2C1. The van der Waals surface area contributed by atoms with Gasteiger partial charge >= 0.3 is 0 Å². The van der Waals surface area contributed by atoms with E-state index in [1.807, 2.05) is 36.9 Å². The van der Waals surface area contributed by atoms with E-state index in [1.165, 1.54) is 6.42 Å². The highest BCUT2D eigenvalue weighted by Crippen LogP contribution is 2.30. The summed E-state index contributed by atoms with van der Waals surface area (Å²) in [5.74, 6) is 3.11. The maximum Gasteiger partial charge on any atom is 0.219 e. The van der Waals surface area contributed by atoms with Crippen molar-refractivity contribution in [2.75, 3.05) is 32.0 Å². The zero-order valence-electron chi connectivity index (χ0n) is 19.7. The van der Waals surface area contributed by atoms with Crippen LogP contribution in [0.25, 0.3) is 0 Å². The molecule has 7 nitrogen and oxygen atoms in total. The Labute approximate surface area is 191 Å². The molecule has 1 N–H and O–H groups in total. The maximum absolute atomic E-state index is 12.0. The number of hydrogen-bond donors (Lipinski definition) is 1. The van der Waals surface area contributed by atoms with E-state index in [9.17, 15) is 4.79 Å². The zero-order chi connectivity index (χ0) is 22.7. The molecule has 2 aromatic rings. The molecular weight excluding hydrogens is 402 g/mol. The third kappa shape index (κ3) is 5.21. The lowest BCUT2D eigenvalue weighted by Crippen LogP contribution is -2.36. The van der Waals surface area contributed by atoms with E-state index in [1.54, 1.807) is 6.92 Å². The summed E-state index contributed by atoms with van der Waals surface area (Å²) in [6.07, 6.45) is 3.17. The van der Waals surface area contributed by atoms with Gasteiger partial charge in [0, 0.05) is 50.0 Å². The molecule has 0 saturated carbocycles. The number of likely N-dealkylation sites (tertiary alicyclic amines) is 1. The Balaban J connectivity index is 1.63. The summed E-state index contributed by atoms with van der Waals surface area (Å²) in [4.78, 5) is 26.3. The molecule has 0 spiro atoms. The van der Waals surface area contributed by atoms with Crippen LogP contribution in [-0.4, -0.2) is 58.5 Å². The number of likely N-dealkylation sites (N-methyl/N-ethyl adjacent to an activating group) is 1. The van der Waals surface area contributed by atoms with Crippen molar-refractivity contribution in [2.45, 2.75) is 65.1 Å². The number of nitrogens with one attached hydrogen (secondary N) is 1. The number of para-hydroxylation sites is 1. The quantitative estimate of drug-likeness (QED) is 0.745. The van der Waals surface area contributed by atoms with Crippen LogP contribution in [0.1, 0.15) is 62.2 Å². The highest BCUT2D eigenvalue weighted by atomic mass is 16.5. The fourth-order valence-electron chi connectivity index (χ4n) is 4.61. The molecule has 1 atom stereocenters. The smallest absolute Gasteiger partial charge is 0.219 e. The number of carbonyl (C=O) groups is 1. The Kier molecular flexibility index (Phi) is 6.94. The predicted molar refractivity (Wildman–Crippen MR) is 126 cm³/mol. The van der Waals surface area contributed by atoms with Crippen molar-refractivity contribution in [3.8, 4) is 5.75 Å². The van der Waals surface area contributed by atoms with Gasteiger partial charge in [0.1, 0.15) is 17.4 Å². The second kappa shape index (κ2) is 9.86. The first-order valence-electron chi connectivity index (χ1n) is 11.7. The van der Waals surface area contributed by atoms with Gasteiger partial charge in [-0.15, -0.1) is 0 Å². The normalized spacial score (nSPS) is 19.0. The third-order valence-corrected chi connectivity index (χ3v) is 6.29. The summed E-state index contributed by atoms with van der Waals surface area (Å²) in [7, 11) is 2.17. The first kappa shape index (κ1) is 22.5. The number of nitrogens with zero attached hydrogens (tertiary/aromatic N) is 4. The van der Waals surface area contributed by atoms with E-state index in [4.69, 9.17) is 14.7 Å². The van der Waals surface area contributed by atoms with Crippen LogP contribution < -0.4 is 10.1 Å². The van der Waals surface area contributed by atoms with Crippen LogP contribution in [0.2, 0.25) is 0 Å². The Hall–Kier alpha value is -2.67. The molecule has 1 fully saturated rings. The topological polar surface area (TPSA) is 70.6 Å². The van der Waals surface area contributed by atoms with Crippen LogP contribution in [0.5, 0.6) is 5.75 Å². The zero-order valence-corrected chi connectivity index (χ0v) is 19.7. The van der Waals surface area contributed by atoms with Crippen LogP contribution in [-0.2, 0) is 24.3 Å². The largest absolute Gasteiger partial charge is 0.491 e. The Bertz CT molecular complexity index is 961. The highest BCUT2D eigenvalue weighted by Gasteiger charge is 2.27. The number of hydrogen-bond acceptors (Lipinski definition) is 6. The van der Waals surface area contributed by atoms with Crippen LogP contribution >= 0.6 is 0 Å². The summed E-state index contributed by atoms with van der Waals surface area (Å²) in [6, 6.07) is 8.11. The molecule has 32 heavy (non-hydrogen) atoms. The summed E-state index contributed by atoms with van der Waals surface area (Å²) in [5.41, 5.74) is 3.21. The van der Waals surface area contributed by atoms with Gasteiger partial charge in [-0.1, -0.05) is 18.2 Å². The molecule has 0 aliphatic carbocycles. The van der Waals surface area contributed by atoms with Crippen LogP contribution in [0, 0.1) is 0 Å². The van der Waals surface area contributed by atoms with Crippen LogP contribution in [0.3, 0.4) is 0 Å². The van der Waals surface area contributed by atoms with Crippen molar-refractivity contribution in [3.63, 3.8) is 0 Å². The van der Waals surface area contributed by atoms with Crippen molar-refractivity contribution >= 4 is 11.7 Å². The van der Waals surface area contributed by atoms with Gasteiger partial charge in [0.15, 0.2) is 0 Å². The average Bonchev–Trinajstić information content (AvgIpc) is 2.77. The fraction of sp³-hybridized carbons (Fsp3) is 0.560. The number of ether oxygens (including phenoxy) is 1. The summed E-state index contributed by atoms with van der Waals surface area (Å²) in [5, 5.41) is 3.57. The second-order valence-corrected chi connectivity index (χ2v) is 9.28. The Morgan fingerprint density at radius 1 is 1.25 bits per heavy atom. The van der Waals surface area contributed by atoms with Gasteiger partial charge in [-0.05, 0) is 46.3 Å². The van der Waals surface area contributed by atoms with Crippen molar-refractivity contribution in [1.82, 2.24) is 19.8 Å². The molecule has 1 amide bonds. The first-order chi connectivity index (χ1) is 15.4. The molecule has 0 unspecified atom stereocenters. The number of amides is 1. The molecule has 7 heteroatoms. The molecular formula is C25H35N5O2. The summed E-state index contributed by atoms with van der Waals surface area (Å²) >= 11 is 0. The predicted octanol–water partition coefficient (Wildman–Crippen LogP) is 3.59. The van der Waals surface area contributed by atoms with Crippen molar-refractivity contribution in [3.05, 3.63) is 46.9 Å². The molecule has 4 rings (SSSR count). The number of benzene rings is 1. The van der Waals surface area contributed by atoms with E-state index < -0.39 is 0 Å². The van der Waals surface area contributed by atoms with Crippen molar-refractivity contribution in [1.29, 1.82) is 0 Å². The fourth-order valence-corrected chi connectivity index (χ4v) is 4.61. The monoisotopic (exact) mass is 437 g/mol. The number of aromatic nitrogens is 2. The number of anilines is 1. The lowest BCUT2D eigenvalue weighted by molar-refractivity contribution is -0.129. The number of piperidine rings is 1. The molecule has 3 heterocycles. The van der Waals surface area contributed by atoms with Gasteiger partial charge in [0.2, 0.25) is 5.91 Å². The molecule has 0 bridgehead atoms. The Morgan fingerprint density at radius 2 is 2.06 bits per heavy atom. The molecule has 1 aromatic heterocycles. The van der Waals surface area contributed by atoms with Crippen LogP contribution in [0.4, 0.5) is 5.82 Å². The number of carbonyl (C=O) groups excluding carboxylic acids is 1. The maximum atomic E-state index is 12.0. The highest BCUT2D eigenvalue weighted by molar-refractivity contribution is 5.74. The first-order valence-corrected chi connectivity index (χ1v) is 11.7. The van der Waals surface area contributed by atoms with Crippen molar-refractivity contribution in [2.24, 2.45) is 0 Å². The minimum absolute atomic E-state index is 0.0928. The minimum Gasteiger partial charge on any atom is -0.491 e. The Morgan fingerprint density at radius 3 is 2.81 bits per heavy atom. The summed E-state index contributed by atoms with van der Waals surface area (Å²) in [6.45, 7) is 9.70. The summed E-state index contributed by atoms with van der Waals surface area (Å²) < 4.78 is 5.99. The van der Waals surface area contributed by atoms with Crippen LogP contribution in [0.15, 0.2) is 24.3 Å². The molecule has 1 saturated heterocycles. The minimum atomic E-state index is 0.0928. The van der Waals surface area contributed by atoms with Gasteiger partial charge in [-0.25, -0.2) is 9.97 Å². The van der Waals surface area contributed by atoms with Gasteiger partial charge in [-0.2, -0.15) is 0 Å². The lowest BCUT2D eigenvalue weighted by Gasteiger charge is -2.32. The van der Waals surface area contributed by atoms with Gasteiger partial charge < -0.3 is 19.9 Å². The molecule has 0 radical (unpaired) electrons. The van der Waals surface area contributed by atoms with E-state index in [-0.39, 0.29) is 12.0 Å². The van der Waals surface area contributed by atoms with E-state index in [0.29, 0.717) is 25.6 Å². The third-order valence-electron chi connectivity index (χ3n) is 6.29.